The molecular weight excluding hydrogens is 226 g/mol. The number of hydrogen-bond acceptors (Lipinski definition) is 2. The van der Waals surface area contributed by atoms with Gasteiger partial charge in [0.1, 0.15) is 5.69 Å². The monoisotopic (exact) mass is 243 g/mol. The Morgan fingerprint density at radius 3 is 2.39 bits per heavy atom. The number of carbonyl (C=O) groups is 1. The molecule has 0 aliphatic heterocycles. The number of hydrogen-bond donors (Lipinski definition) is 1. The lowest BCUT2D eigenvalue weighted by molar-refractivity contribution is 0.0985. The number of aromatic nitrogens is 1. The Bertz CT molecular complexity index is 569. The van der Waals surface area contributed by atoms with Crippen LogP contribution in [0.4, 0.5) is 11.4 Å². The largest absolute Gasteiger partial charge is 0.397 e. The lowest BCUT2D eigenvalue weighted by Gasteiger charge is -2.17. The summed E-state index contributed by atoms with van der Waals surface area (Å²) in [6.07, 6.45) is 1.73. The van der Waals surface area contributed by atoms with Gasteiger partial charge in [-0.1, -0.05) is 17.7 Å². The van der Waals surface area contributed by atoms with Crippen LogP contribution in [0.25, 0.3) is 0 Å². The zero-order chi connectivity index (χ0) is 13.3. The maximum Gasteiger partial charge on any atom is 0.274 e. The Balaban J connectivity index is 2.29. The van der Waals surface area contributed by atoms with E-state index < -0.39 is 0 Å². The molecule has 0 spiro atoms. The van der Waals surface area contributed by atoms with E-state index in [0.29, 0.717) is 11.4 Å². The van der Waals surface area contributed by atoms with Gasteiger partial charge in [0.15, 0.2) is 0 Å². The molecule has 0 saturated heterocycles. The minimum atomic E-state index is -0.0712. The van der Waals surface area contributed by atoms with Gasteiger partial charge >= 0.3 is 0 Å². The minimum Gasteiger partial charge on any atom is -0.397 e. The average molecular weight is 243 g/mol. The second kappa shape index (κ2) is 4.56. The molecule has 1 aromatic carbocycles. The number of benzene rings is 1. The molecule has 0 radical (unpaired) electrons. The molecule has 0 aliphatic carbocycles. The second-order valence-corrected chi connectivity index (χ2v) is 4.47. The van der Waals surface area contributed by atoms with Gasteiger partial charge in [-0.05, 0) is 25.1 Å². The fraction of sp³-hybridized carbons (Fsp3) is 0.214. The highest BCUT2D eigenvalue weighted by Gasteiger charge is 2.16. The molecule has 1 heterocycles. The highest BCUT2D eigenvalue weighted by Crippen LogP contribution is 2.18. The maximum absolute atomic E-state index is 12.3. The summed E-state index contributed by atoms with van der Waals surface area (Å²) in [5, 5.41) is 0. The van der Waals surface area contributed by atoms with E-state index in [1.807, 2.05) is 38.2 Å². The molecule has 1 amide bonds. The number of rotatable bonds is 2. The Kier molecular flexibility index (Phi) is 3.10. The van der Waals surface area contributed by atoms with E-state index in [0.717, 1.165) is 5.69 Å². The summed E-state index contributed by atoms with van der Waals surface area (Å²) in [5.74, 6) is -0.0712. The van der Waals surface area contributed by atoms with Crippen LogP contribution in [0, 0.1) is 6.92 Å². The van der Waals surface area contributed by atoms with Crippen molar-refractivity contribution in [1.82, 2.24) is 4.57 Å². The first kappa shape index (κ1) is 12.2. The van der Waals surface area contributed by atoms with Crippen LogP contribution in [0.3, 0.4) is 0 Å². The molecule has 4 nitrogen and oxygen atoms in total. The number of aryl methyl sites for hydroxylation is 2. The molecule has 0 bridgehead atoms. The van der Waals surface area contributed by atoms with Crippen molar-refractivity contribution in [2.45, 2.75) is 6.92 Å². The zero-order valence-corrected chi connectivity index (χ0v) is 10.8. The Labute approximate surface area is 107 Å². The summed E-state index contributed by atoms with van der Waals surface area (Å²) in [4.78, 5) is 13.9. The Morgan fingerprint density at radius 2 is 1.89 bits per heavy atom. The van der Waals surface area contributed by atoms with Crippen molar-refractivity contribution in [3.63, 3.8) is 0 Å². The van der Waals surface area contributed by atoms with Crippen LogP contribution >= 0.6 is 0 Å². The Morgan fingerprint density at radius 1 is 1.28 bits per heavy atom. The first-order valence-corrected chi connectivity index (χ1v) is 5.75. The van der Waals surface area contributed by atoms with Crippen LogP contribution in [-0.4, -0.2) is 17.5 Å². The zero-order valence-electron chi connectivity index (χ0n) is 10.8. The highest BCUT2D eigenvalue weighted by atomic mass is 16.2. The Hall–Kier alpha value is -2.23. The van der Waals surface area contributed by atoms with E-state index in [9.17, 15) is 4.79 Å². The van der Waals surface area contributed by atoms with E-state index >= 15 is 0 Å². The third-order valence-corrected chi connectivity index (χ3v) is 2.97. The molecule has 0 atom stereocenters. The third-order valence-electron chi connectivity index (χ3n) is 2.97. The smallest absolute Gasteiger partial charge is 0.274 e. The first-order valence-electron chi connectivity index (χ1n) is 5.75. The van der Waals surface area contributed by atoms with Gasteiger partial charge in [0.05, 0.1) is 5.69 Å². The molecule has 18 heavy (non-hydrogen) atoms. The molecule has 94 valence electrons. The second-order valence-electron chi connectivity index (χ2n) is 4.47. The van der Waals surface area contributed by atoms with Gasteiger partial charge in [-0.2, -0.15) is 0 Å². The average Bonchev–Trinajstić information content (AvgIpc) is 2.67. The third kappa shape index (κ3) is 2.22. The lowest BCUT2D eigenvalue weighted by atomic mass is 10.2. The fourth-order valence-electron chi connectivity index (χ4n) is 1.86. The number of nitrogens with two attached hydrogens (primary N) is 1. The standard InChI is InChI=1S/C14H17N3O/c1-10-4-6-12(7-5-10)17(3)14(18)13-8-11(15)9-16(13)2/h4-9H,15H2,1-3H3. The van der Waals surface area contributed by atoms with Gasteiger partial charge < -0.3 is 15.2 Å². The van der Waals surface area contributed by atoms with Crippen molar-refractivity contribution in [2.75, 3.05) is 17.7 Å². The van der Waals surface area contributed by atoms with Crippen molar-refractivity contribution in [1.29, 1.82) is 0 Å². The topological polar surface area (TPSA) is 51.3 Å². The molecule has 0 saturated carbocycles. The summed E-state index contributed by atoms with van der Waals surface area (Å²) in [6, 6.07) is 9.52. The molecule has 2 N–H and O–H groups in total. The number of amides is 1. The maximum atomic E-state index is 12.3. The van der Waals surface area contributed by atoms with Gasteiger partial charge in [0.25, 0.3) is 5.91 Å². The first-order chi connectivity index (χ1) is 8.49. The van der Waals surface area contributed by atoms with Crippen LogP contribution in [-0.2, 0) is 7.05 Å². The molecular formula is C14H17N3O. The van der Waals surface area contributed by atoms with Crippen LogP contribution in [0.5, 0.6) is 0 Å². The van der Waals surface area contributed by atoms with Crippen molar-refractivity contribution in [2.24, 2.45) is 7.05 Å². The molecule has 0 fully saturated rings. The van der Waals surface area contributed by atoms with E-state index in [1.165, 1.54) is 5.56 Å². The molecule has 2 rings (SSSR count). The van der Waals surface area contributed by atoms with Crippen LogP contribution < -0.4 is 10.6 Å². The summed E-state index contributed by atoms with van der Waals surface area (Å²) in [7, 11) is 3.57. The number of carbonyl (C=O) groups excluding carboxylic acids is 1. The fourth-order valence-corrected chi connectivity index (χ4v) is 1.86. The molecule has 1 aromatic heterocycles. The predicted molar refractivity (Wildman–Crippen MR) is 73.7 cm³/mol. The van der Waals surface area contributed by atoms with Crippen LogP contribution in [0.15, 0.2) is 36.5 Å². The highest BCUT2D eigenvalue weighted by molar-refractivity contribution is 6.05. The summed E-state index contributed by atoms with van der Waals surface area (Å²) in [6.45, 7) is 2.02. The molecule has 0 unspecified atom stereocenters. The SMILES string of the molecule is Cc1ccc(N(C)C(=O)c2cc(N)cn2C)cc1. The summed E-state index contributed by atoms with van der Waals surface area (Å²) < 4.78 is 1.74. The van der Waals surface area contributed by atoms with E-state index in [4.69, 9.17) is 5.73 Å². The van der Waals surface area contributed by atoms with Crippen molar-refractivity contribution < 1.29 is 4.79 Å². The predicted octanol–water partition coefficient (Wildman–Crippen LogP) is 2.19. The van der Waals surface area contributed by atoms with Crippen molar-refractivity contribution >= 4 is 17.3 Å². The normalized spacial score (nSPS) is 10.4. The van der Waals surface area contributed by atoms with E-state index in [2.05, 4.69) is 0 Å². The quantitative estimate of drug-likeness (QED) is 0.879. The van der Waals surface area contributed by atoms with Crippen molar-refractivity contribution in [3.05, 3.63) is 47.8 Å². The van der Waals surface area contributed by atoms with Crippen molar-refractivity contribution in [3.8, 4) is 0 Å². The molecule has 2 aromatic rings. The van der Waals surface area contributed by atoms with E-state index in [-0.39, 0.29) is 5.91 Å². The minimum absolute atomic E-state index is 0.0712. The van der Waals surface area contributed by atoms with Gasteiger partial charge in [-0.25, -0.2) is 0 Å². The van der Waals surface area contributed by atoms with E-state index in [1.54, 1.807) is 28.8 Å². The number of nitrogen functional groups attached to an aromatic ring is 1. The van der Waals surface area contributed by atoms with Gasteiger partial charge in [0, 0.05) is 26.0 Å². The van der Waals surface area contributed by atoms with Gasteiger partial charge in [0.2, 0.25) is 0 Å². The van der Waals surface area contributed by atoms with Gasteiger partial charge in [-0.15, -0.1) is 0 Å². The molecule has 0 aliphatic rings. The molecule has 4 heteroatoms. The van der Waals surface area contributed by atoms with Gasteiger partial charge in [-0.3, -0.25) is 4.79 Å². The number of nitrogens with zero attached hydrogens (tertiary/aromatic N) is 2. The number of anilines is 2. The summed E-state index contributed by atoms with van der Waals surface area (Å²) >= 11 is 0. The summed E-state index contributed by atoms with van der Waals surface area (Å²) in [5.41, 5.74) is 8.89. The van der Waals surface area contributed by atoms with Crippen LogP contribution in [0.2, 0.25) is 0 Å². The lowest BCUT2D eigenvalue weighted by Crippen LogP contribution is -2.27. The van der Waals surface area contributed by atoms with Crippen LogP contribution in [0.1, 0.15) is 16.1 Å².